The molecule has 21 heavy (non-hydrogen) atoms. The summed E-state index contributed by atoms with van der Waals surface area (Å²) >= 11 is 0. The monoisotopic (exact) mass is 294 g/mol. The van der Waals surface area contributed by atoms with Crippen molar-refractivity contribution in [2.75, 3.05) is 7.05 Å². The number of likely N-dealkylation sites (N-methyl/N-ethyl adjacent to an activating group) is 1. The van der Waals surface area contributed by atoms with Gasteiger partial charge in [0.1, 0.15) is 17.4 Å². The van der Waals surface area contributed by atoms with Crippen molar-refractivity contribution in [3.63, 3.8) is 0 Å². The summed E-state index contributed by atoms with van der Waals surface area (Å²) in [4.78, 5) is 21.7. The number of ether oxygens (including phenoxy) is 1. The molecule has 0 spiro atoms. The second-order valence-electron chi connectivity index (χ2n) is 5.33. The number of carbonyl (C=O) groups is 1. The van der Waals surface area contributed by atoms with E-state index in [4.69, 9.17) is 4.74 Å². The number of benzene rings is 1. The Morgan fingerprint density at radius 3 is 2.81 bits per heavy atom. The molecule has 1 aromatic carbocycles. The Morgan fingerprint density at radius 1 is 1.57 bits per heavy atom. The van der Waals surface area contributed by atoms with Gasteiger partial charge in [-0.1, -0.05) is 0 Å². The second kappa shape index (κ2) is 5.69. The molecule has 1 saturated carbocycles. The van der Waals surface area contributed by atoms with Gasteiger partial charge < -0.3 is 15.2 Å². The zero-order valence-electron chi connectivity index (χ0n) is 12.0. The van der Waals surface area contributed by atoms with E-state index in [2.05, 4.69) is 5.32 Å². The second-order valence-corrected chi connectivity index (χ2v) is 5.33. The van der Waals surface area contributed by atoms with Crippen LogP contribution in [0.5, 0.6) is 5.75 Å². The zero-order chi connectivity index (χ0) is 15.6. The highest BCUT2D eigenvalue weighted by molar-refractivity contribution is 5.79. The van der Waals surface area contributed by atoms with Gasteiger partial charge in [-0.2, -0.15) is 0 Å². The van der Waals surface area contributed by atoms with Crippen LogP contribution in [0.15, 0.2) is 18.2 Å². The summed E-state index contributed by atoms with van der Waals surface area (Å²) in [6, 6.07) is 4.44. The van der Waals surface area contributed by atoms with Crippen molar-refractivity contribution in [1.82, 2.24) is 5.32 Å². The number of nitrogens with zero attached hydrogens (tertiary/aromatic N) is 1. The van der Waals surface area contributed by atoms with Crippen LogP contribution in [0.4, 0.5) is 5.69 Å². The standard InChI is InChI=1S/C14H18N2O5/c1-9-3-4-10(16(19)20)7-12(9)21-11-5-6-14(8-11,15-2)13(17)18/h3-4,7,11,15H,5-6,8H2,1-2H3,(H,17,18). The third kappa shape index (κ3) is 2.97. The van der Waals surface area contributed by atoms with Gasteiger partial charge in [0.25, 0.3) is 5.69 Å². The summed E-state index contributed by atoms with van der Waals surface area (Å²) in [6.07, 6.45) is 1.13. The minimum Gasteiger partial charge on any atom is -0.490 e. The van der Waals surface area contributed by atoms with E-state index in [1.807, 2.05) is 0 Å². The fraction of sp³-hybridized carbons (Fsp3) is 0.500. The Balaban J connectivity index is 2.15. The summed E-state index contributed by atoms with van der Waals surface area (Å²) in [6.45, 7) is 1.80. The van der Waals surface area contributed by atoms with Crippen molar-refractivity contribution < 1.29 is 19.6 Å². The van der Waals surface area contributed by atoms with Crippen LogP contribution in [0.25, 0.3) is 0 Å². The summed E-state index contributed by atoms with van der Waals surface area (Å²) < 4.78 is 5.80. The van der Waals surface area contributed by atoms with Crippen LogP contribution < -0.4 is 10.1 Å². The lowest BCUT2D eigenvalue weighted by molar-refractivity contribution is -0.385. The number of non-ortho nitro benzene ring substituents is 1. The number of aliphatic carboxylic acids is 1. The first-order valence-corrected chi connectivity index (χ1v) is 6.72. The van der Waals surface area contributed by atoms with Crippen LogP contribution in [0.3, 0.4) is 0 Å². The van der Waals surface area contributed by atoms with Gasteiger partial charge in [0.2, 0.25) is 0 Å². The normalized spacial score (nSPS) is 24.8. The molecule has 1 aliphatic carbocycles. The summed E-state index contributed by atoms with van der Waals surface area (Å²) in [7, 11) is 1.62. The Bertz CT molecular complexity index is 574. The lowest BCUT2D eigenvalue weighted by Gasteiger charge is -2.23. The SMILES string of the molecule is CNC1(C(=O)O)CCC(Oc2cc([N+](=O)[O-])ccc2C)C1. The van der Waals surface area contributed by atoms with Gasteiger partial charge >= 0.3 is 5.97 Å². The molecule has 0 radical (unpaired) electrons. The predicted molar refractivity (Wildman–Crippen MR) is 75.5 cm³/mol. The molecule has 7 nitrogen and oxygen atoms in total. The topological polar surface area (TPSA) is 102 Å². The summed E-state index contributed by atoms with van der Waals surface area (Å²) in [5.74, 6) is -0.460. The van der Waals surface area contributed by atoms with Crippen LogP contribution >= 0.6 is 0 Å². The Kier molecular flexibility index (Phi) is 4.13. The number of nitro groups is 1. The molecule has 2 atom stereocenters. The molecule has 2 N–H and O–H groups in total. The van der Waals surface area contributed by atoms with Crippen molar-refractivity contribution in [3.8, 4) is 5.75 Å². The molecular formula is C14H18N2O5. The van der Waals surface area contributed by atoms with E-state index in [1.165, 1.54) is 12.1 Å². The van der Waals surface area contributed by atoms with Crippen molar-refractivity contribution in [1.29, 1.82) is 0 Å². The fourth-order valence-electron chi connectivity index (χ4n) is 2.64. The first kappa shape index (κ1) is 15.2. The van der Waals surface area contributed by atoms with Gasteiger partial charge in [-0.15, -0.1) is 0 Å². The maximum Gasteiger partial charge on any atom is 0.324 e. The Hall–Kier alpha value is -2.15. The van der Waals surface area contributed by atoms with E-state index in [1.54, 1.807) is 20.0 Å². The molecule has 114 valence electrons. The molecule has 1 aliphatic rings. The van der Waals surface area contributed by atoms with Gasteiger partial charge in [-0.25, -0.2) is 0 Å². The highest BCUT2D eigenvalue weighted by Gasteiger charge is 2.45. The van der Waals surface area contributed by atoms with E-state index in [9.17, 15) is 20.0 Å². The van der Waals surface area contributed by atoms with Crippen LogP contribution in [0.2, 0.25) is 0 Å². The smallest absolute Gasteiger partial charge is 0.324 e. The van der Waals surface area contributed by atoms with E-state index in [-0.39, 0.29) is 11.8 Å². The highest BCUT2D eigenvalue weighted by atomic mass is 16.6. The molecular weight excluding hydrogens is 276 g/mol. The van der Waals surface area contributed by atoms with Crippen LogP contribution in [0, 0.1) is 17.0 Å². The molecule has 2 unspecified atom stereocenters. The number of nitro benzene ring substituents is 1. The van der Waals surface area contributed by atoms with Crippen molar-refractivity contribution >= 4 is 11.7 Å². The Morgan fingerprint density at radius 2 is 2.29 bits per heavy atom. The number of nitrogens with one attached hydrogen (secondary N) is 1. The lowest BCUT2D eigenvalue weighted by Crippen LogP contribution is -2.48. The van der Waals surface area contributed by atoms with Crippen molar-refractivity contribution in [2.45, 2.75) is 37.8 Å². The van der Waals surface area contributed by atoms with E-state index in [0.717, 1.165) is 5.56 Å². The van der Waals surface area contributed by atoms with Gasteiger partial charge in [0.15, 0.2) is 0 Å². The maximum atomic E-state index is 11.4. The number of carboxylic acids is 1. The lowest BCUT2D eigenvalue weighted by atomic mass is 9.98. The van der Waals surface area contributed by atoms with Gasteiger partial charge in [-0.05, 0) is 38.4 Å². The predicted octanol–water partition coefficient (Wildman–Crippen LogP) is 1.88. The number of aryl methyl sites for hydroxylation is 1. The van der Waals surface area contributed by atoms with Crippen molar-refractivity contribution in [2.24, 2.45) is 0 Å². The zero-order valence-corrected chi connectivity index (χ0v) is 12.0. The summed E-state index contributed by atoms with van der Waals surface area (Å²) in [5, 5.41) is 23.0. The molecule has 0 saturated heterocycles. The first-order chi connectivity index (χ1) is 9.88. The van der Waals surface area contributed by atoms with Gasteiger partial charge in [0, 0.05) is 12.5 Å². The molecule has 0 amide bonds. The van der Waals surface area contributed by atoms with E-state index in [0.29, 0.717) is 25.0 Å². The summed E-state index contributed by atoms with van der Waals surface area (Å²) in [5.41, 5.74) is -0.219. The molecule has 0 heterocycles. The van der Waals surface area contributed by atoms with Crippen LogP contribution in [-0.4, -0.2) is 34.7 Å². The maximum absolute atomic E-state index is 11.4. The average Bonchev–Trinajstić information content (AvgIpc) is 2.85. The van der Waals surface area contributed by atoms with Crippen molar-refractivity contribution in [3.05, 3.63) is 33.9 Å². The minimum absolute atomic E-state index is 0.0355. The fourth-order valence-corrected chi connectivity index (χ4v) is 2.64. The molecule has 1 fully saturated rings. The average molecular weight is 294 g/mol. The van der Waals surface area contributed by atoms with E-state index < -0.39 is 16.4 Å². The third-order valence-electron chi connectivity index (χ3n) is 4.03. The number of hydrogen-bond acceptors (Lipinski definition) is 5. The third-order valence-corrected chi connectivity index (χ3v) is 4.03. The highest BCUT2D eigenvalue weighted by Crippen LogP contribution is 2.34. The number of hydrogen-bond donors (Lipinski definition) is 2. The van der Waals surface area contributed by atoms with Crippen LogP contribution in [0.1, 0.15) is 24.8 Å². The minimum atomic E-state index is -0.973. The van der Waals surface area contributed by atoms with Gasteiger partial charge in [-0.3, -0.25) is 14.9 Å². The molecule has 0 bridgehead atoms. The molecule has 0 aromatic heterocycles. The van der Waals surface area contributed by atoms with Gasteiger partial charge in [0.05, 0.1) is 11.0 Å². The first-order valence-electron chi connectivity index (χ1n) is 6.72. The largest absolute Gasteiger partial charge is 0.490 e. The quantitative estimate of drug-likeness (QED) is 0.635. The van der Waals surface area contributed by atoms with E-state index >= 15 is 0 Å². The molecule has 7 heteroatoms. The molecule has 0 aliphatic heterocycles. The number of rotatable bonds is 5. The Labute approximate surface area is 122 Å². The molecule has 2 rings (SSSR count). The molecule has 1 aromatic rings. The van der Waals surface area contributed by atoms with Crippen LogP contribution in [-0.2, 0) is 4.79 Å². The number of carboxylic acid groups (broad SMARTS) is 1.